The van der Waals surface area contributed by atoms with E-state index in [4.69, 9.17) is 14.6 Å². The minimum Gasteiger partial charge on any atom is -0.507 e. The van der Waals surface area contributed by atoms with Crippen molar-refractivity contribution >= 4 is 35.5 Å². The summed E-state index contributed by atoms with van der Waals surface area (Å²) in [5, 5.41) is 35.2. The van der Waals surface area contributed by atoms with E-state index in [1.165, 1.54) is 30.3 Å². The van der Waals surface area contributed by atoms with E-state index >= 15 is 0 Å². The maximum Gasteiger partial charge on any atom is 0.408 e. The molecule has 0 heterocycles. The van der Waals surface area contributed by atoms with Crippen molar-refractivity contribution in [1.82, 2.24) is 10.6 Å². The number of alkyl carbamates (subject to hydrolysis) is 1. The van der Waals surface area contributed by atoms with Gasteiger partial charge in [0, 0.05) is 18.7 Å². The molecule has 0 aliphatic carbocycles. The van der Waals surface area contributed by atoms with Crippen molar-refractivity contribution in [3.8, 4) is 11.5 Å². The highest BCUT2D eigenvalue weighted by Gasteiger charge is 2.25. The number of carbonyl (C=O) groups is 5. The van der Waals surface area contributed by atoms with E-state index in [9.17, 15) is 34.2 Å². The van der Waals surface area contributed by atoms with Crippen LogP contribution < -0.4 is 20.7 Å². The standard InChI is InChI=1S/C27H33N3O10/c1-27(2,3)40-26(38)30-18(15-16-9-11-17(12-10-16)29-23(33)25(36)37)22(32)28-13-4-5-14-39-20-8-6-7-19(31)21(20)24(34)35/h6-12,18,31H,4-5,13-15H2,1-3H3,(H,28,32)(H,29,33)(H,30,38)(H,34,35)(H,36,37)/t18-/m0/s1. The van der Waals surface area contributed by atoms with Crippen molar-refractivity contribution in [1.29, 1.82) is 0 Å². The van der Waals surface area contributed by atoms with Gasteiger partial charge in [0.1, 0.15) is 28.7 Å². The van der Waals surface area contributed by atoms with E-state index in [0.29, 0.717) is 18.4 Å². The predicted molar refractivity (Wildman–Crippen MR) is 142 cm³/mol. The normalized spacial score (nSPS) is 11.6. The molecule has 13 nitrogen and oxygen atoms in total. The number of carboxylic acid groups (broad SMARTS) is 2. The molecule has 0 saturated heterocycles. The Morgan fingerprint density at radius 2 is 1.62 bits per heavy atom. The third-order valence-corrected chi connectivity index (χ3v) is 5.20. The molecule has 2 aromatic carbocycles. The van der Waals surface area contributed by atoms with Gasteiger partial charge in [0.05, 0.1) is 6.61 Å². The fraction of sp³-hybridized carbons (Fsp3) is 0.370. The molecule has 2 aromatic rings. The summed E-state index contributed by atoms with van der Waals surface area (Å²) < 4.78 is 10.7. The Morgan fingerprint density at radius 1 is 0.950 bits per heavy atom. The first-order valence-corrected chi connectivity index (χ1v) is 12.4. The average Bonchev–Trinajstić information content (AvgIpc) is 2.85. The van der Waals surface area contributed by atoms with Gasteiger partial charge in [0.15, 0.2) is 0 Å². The highest BCUT2D eigenvalue weighted by Crippen LogP contribution is 2.27. The number of hydrogen-bond acceptors (Lipinski definition) is 8. The van der Waals surface area contributed by atoms with Crippen LogP contribution in [-0.2, 0) is 25.5 Å². The molecule has 0 spiro atoms. The molecule has 0 saturated carbocycles. The van der Waals surface area contributed by atoms with Crippen LogP contribution in [-0.4, -0.2) is 70.0 Å². The topological polar surface area (TPSA) is 201 Å². The molecule has 6 N–H and O–H groups in total. The zero-order chi connectivity index (χ0) is 29.9. The maximum atomic E-state index is 12.9. The lowest BCUT2D eigenvalue weighted by Gasteiger charge is -2.23. The van der Waals surface area contributed by atoms with E-state index < -0.39 is 47.2 Å². The van der Waals surface area contributed by atoms with Crippen molar-refractivity contribution in [2.45, 2.75) is 51.7 Å². The third kappa shape index (κ3) is 10.5. The van der Waals surface area contributed by atoms with Gasteiger partial charge in [0.2, 0.25) is 5.91 Å². The lowest BCUT2D eigenvalue weighted by Crippen LogP contribution is -2.49. The number of ether oxygens (including phenoxy) is 2. The van der Waals surface area contributed by atoms with Gasteiger partial charge < -0.3 is 40.7 Å². The second kappa shape index (κ2) is 14.4. The second-order valence-electron chi connectivity index (χ2n) is 9.66. The number of carboxylic acids is 2. The van der Waals surface area contributed by atoms with Crippen molar-refractivity contribution in [3.63, 3.8) is 0 Å². The smallest absolute Gasteiger partial charge is 0.408 e. The number of carbonyl (C=O) groups excluding carboxylic acids is 3. The lowest BCUT2D eigenvalue weighted by atomic mass is 10.0. The van der Waals surface area contributed by atoms with Gasteiger partial charge in [-0.3, -0.25) is 9.59 Å². The van der Waals surface area contributed by atoms with Gasteiger partial charge in [-0.05, 0) is 63.4 Å². The van der Waals surface area contributed by atoms with Crippen LogP contribution >= 0.6 is 0 Å². The van der Waals surface area contributed by atoms with E-state index in [1.807, 2.05) is 0 Å². The number of aromatic carboxylic acids is 1. The first-order valence-electron chi connectivity index (χ1n) is 12.4. The summed E-state index contributed by atoms with van der Waals surface area (Å²) >= 11 is 0. The summed E-state index contributed by atoms with van der Waals surface area (Å²) in [6, 6.07) is 9.26. The van der Waals surface area contributed by atoms with Crippen LogP contribution in [0.2, 0.25) is 0 Å². The van der Waals surface area contributed by atoms with Crippen molar-refractivity contribution in [3.05, 3.63) is 53.6 Å². The molecule has 0 radical (unpaired) electrons. The lowest BCUT2D eigenvalue weighted by molar-refractivity contribution is -0.147. The van der Waals surface area contributed by atoms with Crippen LogP contribution in [0, 0.1) is 0 Å². The van der Waals surface area contributed by atoms with E-state index in [2.05, 4.69) is 16.0 Å². The number of anilines is 1. The number of phenols is 1. The van der Waals surface area contributed by atoms with Gasteiger partial charge in [-0.25, -0.2) is 14.4 Å². The molecule has 3 amide bonds. The Kier molecular flexibility index (Phi) is 11.3. The van der Waals surface area contributed by atoms with Gasteiger partial charge in [-0.15, -0.1) is 0 Å². The Balaban J connectivity index is 1.94. The highest BCUT2D eigenvalue weighted by molar-refractivity contribution is 6.36. The van der Waals surface area contributed by atoms with Crippen molar-refractivity contribution in [2.75, 3.05) is 18.5 Å². The van der Waals surface area contributed by atoms with E-state index in [-0.39, 0.29) is 36.6 Å². The van der Waals surface area contributed by atoms with Crippen LogP contribution in [0.3, 0.4) is 0 Å². The molecule has 216 valence electrons. The van der Waals surface area contributed by atoms with Gasteiger partial charge in [-0.2, -0.15) is 0 Å². The van der Waals surface area contributed by atoms with Crippen LogP contribution in [0.15, 0.2) is 42.5 Å². The second-order valence-corrected chi connectivity index (χ2v) is 9.66. The zero-order valence-electron chi connectivity index (χ0n) is 22.4. The highest BCUT2D eigenvalue weighted by atomic mass is 16.6. The number of unbranched alkanes of at least 4 members (excludes halogenated alkanes) is 1. The van der Waals surface area contributed by atoms with E-state index in [1.54, 1.807) is 32.9 Å². The number of nitrogens with one attached hydrogen (secondary N) is 3. The molecule has 0 bridgehead atoms. The number of amides is 3. The molecule has 0 aliphatic rings. The maximum absolute atomic E-state index is 12.9. The molecule has 1 atom stereocenters. The molecule has 0 aliphatic heterocycles. The number of aromatic hydroxyl groups is 1. The molecular formula is C27H33N3O10. The molecule has 0 unspecified atom stereocenters. The predicted octanol–water partition coefficient (Wildman–Crippen LogP) is 2.52. The first kappa shape index (κ1) is 31.4. The van der Waals surface area contributed by atoms with E-state index in [0.717, 1.165) is 0 Å². The average molecular weight is 560 g/mol. The first-order chi connectivity index (χ1) is 18.8. The Bertz CT molecular complexity index is 1220. The fourth-order valence-corrected chi connectivity index (χ4v) is 3.40. The molecule has 13 heteroatoms. The summed E-state index contributed by atoms with van der Waals surface area (Å²) in [6.45, 7) is 5.43. The molecule has 40 heavy (non-hydrogen) atoms. The third-order valence-electron chi connectivity index (χ3n) is 5.20. The van der Waals surface area contributed by atoms with Crippen molar-refractivity contribution < 1.29 is 48.8 Å². The molecule has 0 aromatic heterocycles. The summed E-state index contributed by atoms with van der Waals surface area (Å²) in [7, 11) is 0. The monoisotopic (exact) mass is 559 g/mol. The molecule has 0 fully saturated rings. The summed E-state index contributed by atoms with van der Waals surface area (Å²) in [5.41, 5.74) is -0.242. The Morgan fingerprint density at radius 3 is 2.23 bits per heavy atom. The number of aliphatic carboxylic acids is 1. The quantitative estimate of drug-likeness (QED) is 0.166. The van der Waals surface area contributed by atoms with Gasteiger partial charge in [-0.1, -0.05) is 18.2 Å². The largest absolute Gasteiger partial charge is 0.507 e. The van der Waals surface area contributed by atoms with Crippen LogP contribution in [0.1, 0.15) is 49.5 Å². The zero-order valence-corrected chi connectivity index (χ0v) is 22.4. The van der Waals surface area contributed by atoms with Crippen LogP contribution in [0.25, 0.3) is 0 Å². The van der Waals surface area contributed by atoms with Crippen LogP contribution in [0.5, 0.6) is 11.5 Å². The molecule has 2 rings (SSSR count). The SMILES string of the molecule is CC(C)(C)OC(=O)N[C@@H](Cc1ccc(NC(=O)C(=O)O)cc1)C(=O)NCCCCOc1cccc(O)c1C(=O)O. The number of benzene rings is 2. The van der Waals surface area contributed by atoms with Crippen LogP contribution in [0.4, 0.5) is 10.5 Å². The minimum absolute atomic E-state index is 0.0340. The van der Waals surface area contributed by atoms with Gasteiger partial charge in [0.25, 0.3) is 0 Å². The fourth-order valence-electron chi connectivity index (χ4n) is 3.40. The summed E-state index contributed by atoms with van der Waals surface area (Å²) in [5.74, 6) is -4.98. The Hall–Kier alpha value is -4.81. The Labute approximate surface area is 230 Å². The minimum atomic E-state index is -1.63. The number of rotatable bonds is 12. The molecular weight excluding hydrogens is 526 g/mol. The summed E-state index contributed by atoms with van der Waals surface area (Å²) in [6.07, 6.45) is 0.232. The van der Waals surface area contributed by atoms with Crippen molar-refractivity contribution in [2.24, 2.45) is 0 Å². The van der Waals surface area contributed by atoms with Gasteiger partial charge >= 0.3 is 23.9 Å². The summed E-state index contributed by atoms with van der Waals surface area (Å²) in [4.78, 5) is 58.6. The number of hydrogen-bond donors (Lipinski definition) is 6.